The fourth-order valence-electron chi connectivity index (χ4n) is 0.806. The van der Waals surface area contributed by atoms with Crippen molar-refractivity contribution in [1.29, 1.82) is 0 Å². The zero-order chi connectivity index (χ0) is 9.19. The molecule has 1 aromatic heterocycles. The molecule has 0 N–H and O–H groups in total. The zero-order valence-corrected chi connectivity index (χ0v) is 7.00. The number of hydrogen-bond acceptors (Lipinski definition) is 1. The van der Waals surface area contributed by atoms with Gasteiger partial charge in [0.1, 0.15) is 5.69 Å². The van der Waals surface area contributed by atoms with Gasteiger partial charge in [-0.25, -0.2) is 11.6 Å². The molecule has 0 saturated carbocycles. The monoisotopic (exact) mass is 164 g/mol. The Morgan fingerprint density at radius 2 is 2.17 bits per heavy atom. The Morgan fingerprint density at radius 1 is 1.50 bits per heavy atom. The normalized spacial score (nSPS) is 10.8. The van der Waals surface area contributed by atoms with Crippen LogP contribution in [0.2, 0.25) is 0 Å². The molecule has 1 heterocycles. The van der Waals surface area contributed by atoms with Crippen LogP contribution in [0.5, 0.6) is 0 Å². The van der Waals surface area contributed by atoms with E-state index in [0.29, 0.717) is 5.69 Å². The molecule has 0 aliphatic rings. The third-order valence-corrected chi connectivity index (χ3v) is 1.62. The first-order valence-electron chi connectivity index (χ1n) is 3.58. The lowest BCUT2D eigenvalue weighted by Gasteiger charge is -2.09. The lowest BCUT2D eigenvalue weighted by atomic mass is 10.0. The number of rotatable bonds is 1. The van der Waals surface area contributed by atoms with Gasteiger partial charge in [0, 0.05) is 13.8 Å². The fourth-order valence-corrected chi connectivity index (χ4v) is 0.806. The molecule has 2 nitrogen and oxygen atoms in total. The Balaban J connectivity index is 3.14. The van der Waals surface area contributed by atoms with E-state index in [1.54, 1.807) is 26.0 Å². The van der Waals surface area contributed by atoms with Gasteiger partial charge in [-0.15, -0.1) is 0 Å². The predicted octanol–water partition coefficient (Wildman–Crippen LogP) is 2.38. The number of aromatic nitrogens is 1. The number of pyridine rings is 1. The van der Waals surface area contributed by atoms with E-state index in [9.17, 15) is 4.39 Å². The molecule has 0 saturated heterocycles. The topological polar surface area (TPSA) is 17.2 Å². The van der Waals surface area contributed by atoms with Crippen LogP contribution in [-0.4, -0.2) is 4.98 Å². The molecule has 3 heteroatoms. The van der Waals surface area contributed by atoms with Crippen molar-refractivity contribution in [1.82, 2.24) is 4.98 Å². The van der Waals surface area contributed by atoms with Gasteiger partial charge in [-0.2, -0.15) is 4.39 Å². The van der Waals surface area contributed by atoms with Crippen molar-refractivity contribution in [2.24, 2.45) is 0 Å². The molecule has 0 atom stereocenters. The standard InChI is InChI=1S/C9H9FN2/c1-9(2,11-3)7-5-4-6-8(10)12-7/h4-6H,1-2H3. The molecule has 1 aromatic rings. The average molecular weight is 164 g/mol. The molecule has 0 aliphatic carbocycles. The summed E-state index contributed by atoms with van der Waals surface area (Å²) in [7, 11) is 0. The third kappa shape index (κ3) is 1.59. The zero-order valence-electron chi connectivity index (χ0n) is 7.00. The Kier molecular flexibility index (Phi) is 2.09. The van der Waals surface area contributed by atoms with Crippen LogP contribution in [-0.2, 0) is 5.54 Å². The summed E-state index contributed by atoms with van der Waals surface area (Å²) in [5, 5.41) is 0. The highest BCUT2D eigenvalue weighted by atomic mass is 19.1. The molecule has 1 rings (SSSR count). The van der Waals surface area contributed by atoms with Crippen LogP contribution in [0.4, 0.5) is 4.39 Å². The number of halogens is 1. The molecule has 0 bridgehead atoms. The molecular weight excluding hydrogens is 155 g/mol. The molecule has 0 aromatic carbocycles. The second-order valence-corrected chi connectivity index (χ2v) is 3.02. The van der Waals surface area contributed by atoms with E-state index in [0.717, 1.165) is 0 Å². The Bertz CT molecular complexity index is 326. The lowest BCUT2D eigenvalue weighted by molar-refractivity contribution is 0.549. The minimum atomic E-state index is -0.734. The van der Waals surface area contributed by atoms with Crippen molar-refractivity contribution in [3.8, 4) is 0 Å². The van der Waals surface area contributed by atoms with Crippen molar-refractivity contribution in [2.75, 3.05) is 0 Å². The maximum absolute atomic E-state index is 12.6. The molecule has 0 aliphatic heterocycles. The van der Waals surface area contributed by atoms with Crippen LogP contribution >= 0.6 is 0 Å². The molecule has 0 spiro atoms. The molecular formula is C9H9FN2. The Labute approximate surface area is 70.9 Å². The first-order valence-corrected chi connectivity index (χ1v) is 3.58. The summed E-state index contributed by atoms with van der Waals surface area (Å²) in [4.78, 5) is 6.99. The third-order valence-electron chi connectivity index (χ3n) is 1.62. The SMILES string of the molecule is [C-]#[N+]C(C)(C)c1cccc(F)n1. The fraction of sp³-hybridized carbons (Fsp3) is 0.333. The molecule has 0 amide bonds. The van der Waals surface area contributed by atoms with Gasteiger partial charge in [-0.05, 0) is 12.1 Å². The molecule has 62 valence electrons. The largest absolute Gasteiger partial charge is 0.304 e. The second kappa shape index (κ2) is 2.90. The van der Waals surface area contributed by atoms with Crippen LogP contribution in [0.3, 0.4) is 0 Å². The smallest absolute Gasteiger partial charge is 0.268 e. The van der Waals surface area contributed by atoms with Crippen LogP contribution in [0.15, 0.2) is 18.2 Å². The quantitative estimate of drug-likeness (QED) is 0.460. The highest BCUT2D eigenvalue weighted by Gasteiger charge is 2.27. The summed E-state index contributed by atoms with van der Waals surface area (Å²) in [6, 6.07) is 4.48. The van der Waals surface area contributed by atoms with Crippen LogP contribution < -0.4 is 0 Å². The number of nitrogens with zero attached hydrogens (tertiary/aromatic N) is 2. The first kappa shape index (κ1) is 8.66. The summed E-state index contributed by atoms with van der Waals surface area (Å²) >= 11 is 0. The van der Waals surface area contributed by atoms with E-state index >= 15 is 0 Å². The summed E-state index contributed by atoms with van der Waals surface area (Å²) in [5.41, 5.74) is -0.264. The number of hydrogen-bond donors (Lipinski definition) is 0. The highest BCUT2D eigenvalue weighted by molar-refractivity contribution is 5.17. The minimum Gasteiger partial charge on any atom is -0.304 e. The van der Waals surface area contributed by atoms with Crippen molar-refractivity contribution < 1.29 is 4.39 Å². The van der Waals surface area contributed by atoms with Gasteiger partial charge >= 0.3 is 0 Å². The van der Waals surface area contributed by atoms with E-state index in [-0.39, 0.29) is 0 Å². The van der Waals surface area contributed by atoms with Crippen LogP contribution in [0, 0.1) is 12.5 Å². The maximum atomic E-state index is 12.6. The van der Waals surface area contributed by atoms with Crippen molar-refractivity contribution >= 4 is 0 Å². The van der Waals surface area contributed by atoms with Gasteiger partial charge in [0.15, 0.2) is 0 Å². The molecule has 12 heavy (non-hydrogen) atoms. The van der Waals surface area contributed by atoms with E-state index in [4.69, 9.17) is 6.57 Å². The predicted molar refractivity (Wildman–Crippen MR) is 43.8 cm³/mol. The Hall–Kier alpha value is -1.43. The lowest BCUT2D eigenvalue weighted by Crippen LogP contribution is -2.13. The summed E-state index contributed by atoms with van der Waals surface area (Å²) in [5.74, 6) is -0.538. The highest BCUT2D eigenvalue weighted by Crippen LogP contribution is 2.22. The summed E-state index contributed by atoms with van der Waals surface area (Å²) in [6.45, 7) is 10.3. The van der Waals surface area contributed by atoms with E-state index in [2.05, 4.69) is 9.83 Å². The molecule has 0 fully saturated rings. The van der Waals surface area contributed by atoms with Crippen LogP contribution in [0.25, 0.3) is 4.85 Å². The van der Waals surface area contributed by atoms with E-state index in [1.165, 1.54) is 6.07 Å². The van der Waals surface area contributed by atoms with Crippen LogP contribution in [0.1, 0.15) is 19.5 Å². The molecule has 0 radical (unpaired) electrons. The minimum absolute atomic E-state index is 0.470. The summed E-state index contributed by atoms with van der Waals surface area (Å²) in [6.07, 6.45) is 0. The molecule has 0 unspecified atom stereocenters. The van der Waals surface area contributed by atoms with Gasteiger partial charge in [0.25, 0.3) is 5.54 Å². The van der Waals surface area contributed by atoms with Crippen molar-refractivity contribution in [3.63, 3.8) is 0 Å². The maximum Gasteiger partial charge on any atom is 0.268 e. The van der Waals surface area contributed by atoms with Crippen molar-refractivity contribution in [2.45, 2.75) is 19.4 Å². The van der Waals surface area contributed by atoms with Gasteiger partial charge < -0.3 is 4.85 Å². The second-order valence-electron chi connectivity index (χ2n) is 3.02. The van der Waals surface area contributed by atoms with Crippen molar-refractivity contribution in [3.05, 3.63) is 41.3 Å². The van der Waals surface area contributed by atoms with E-state index in [1.807, 2.05) is 0 Å². The van der Waals surface area contributed by atoms with Gasteiger partial charge in [-0.1, -0.05) is 6.07 Å². The van der Waals surface area contributed by atoms with Gasteiger partial charge in [0.05, 0.1) is 0 Å². The average Bonchev–Trinajstić information content (AvgIpc) is 2.05. The first-order chi connectivity index (χ1) is 5.56. The Morgan fingerprint density at radius 3 is 2.67 bits per heavy atom. The van der Waals surface area contributed by atoms with Gasteiger partial charge in [0.2, 0.25) is 5.95 Å². The summed E-state index contributed by atoms with van der Waals surface area (Å²) < 4.78 is 12.6. The van der Waals surface area contributed by atoms with Gasteiger partial charge in [-0.3, -0.25) is 0 Å². The van der Waals surface area contributed by atoms with E-state index < -0.39 is 11.5 Å².